The summed E-state index contributed by atoms with van der Waals surface area (Å²) in [5, 5.41) is 0. The summed E-state index contributed by atoms with van der Waals surface area (Å²) in [6.45, 7) is 7.76. The Labute approximate surface area is 115 Å². The molecule has 0 radical (unpaired) electrons. The molecule has 1 aliphatic heterocycles. The Hall–Kier alpha value is -1.35. The lowest BCUT2D eigenvalue weighted by Gasteiger charge is -2.35. The maximum Gasteiger partial charge on any atom is 0.254 e. The van der Waals surface area contributed by atoms with E-state index >= 15 is 0 Å². The summed E-state index contributed by atoms with van der Waals surface area (Å²) < 4.78 is 0. The fourth-order valence-corrected chi connectivity index (χ4v) is 2.78. The molecule has 2 atom stereocenters. The molecule has 1 saturated heterocycles. The van der Waals surface area contributed by atoms with Crippen LogP contribution in [0.25, 0.3) is 0 Å². The summed E-state index contributed by atoms with van der Waals surface area (Å²) in [5.74, 6) is 0.592. The van der Waals surface area contributed by atoms with Crippen molar-refractivity contribution in [2.45, 2.75) is 39.7 Å². The van der Waals surface area contributed by atoms with Gasteiger partial charge in [0.2, 0.25) is 0 Å². The second-order valence-electron chi connectivity index (χ2n) is 5.76. The molecule has 19 heavy (non-hydrogen) atoms. The van der Waals surface area contributed by atoms with Crippen molar-refractivity contribution in [3.05, 3.63) is 34.9 Å². The van der Waals surface area contributed by atoms with Crippen LogP contribution in [-0.4, -0.2) is 29.9 Å². The topological polar surface area (TPSA) is 46.3 Å². The summed E-state index contributed by atoms with van der Waals surface area (Å²) in [7, 11) is 0. The molecule has 0 bridgehead atoms. The zero-order valence-electron chi connectivity index (χ0n) is 12.1. The van der Waals surface area contributed by atoms with Gasteiger partial charge >= 0.3 is 0 Å². The number of likely N-dealkylation sites (tertiary alicyclic amines) is 1. The van der Waals surface area contributed by atoms with Crippen LogP contribution in [0, 0.1) is 19.8 Å². The average molecular weight is 260 g/mol. The molecule has 3 heteroatoms. The van der Waals surface area contributed by atoms with E-state index in [4.69, 9.17) is 5.73 Å². The first kappa shape index (κ1) is 14.1. The van der Waals surface area contributed by atoms with Gasteiger partial charge in [0.05, 0.1) is 0 Å². The third-order valence-electron chi connectivity index (χ3n) is 4.32. The van der Waals surface area contributed by atoms with Crippen LogP contribution in [-0.2, 0) is 0 Å². The molecule has 1 aromatic rings. The van der Waals surface area contributed by atoms with Gasteiger partial charge < -0.3 is 10.6 Å². The highest BCUT2D eigenvalue weighted by atomic mass is 16.2. The Balaban J connectivity index is 2.17. The highest BCUT2D eigenvalue weighted by Crippen LogP contribution is 2.22. The van der Waals surface area contributed by atoms with Gasteiger partial charge in [0.1, 0.15) is 0 Å². The number of hydrogen-bond acceptors (Lipinski definition) is 2. The van der Waals surface area contributed by atoms with Crippen molar-refractivity contribution in [3.8, 4) is 0 Å². The van der Waals surface area contributed by atoms with Crippen molar-refractivity contribution >= 4 is 5.91 Å². The summed E-state index contributed by atoms with van der Waals surface area (Å²) in [5.41, 5.74) is 9.09. The largest absolute Gasteiger partial charge is 0.338 e. The van der Waals surface area contributed by atoms with Crippen LogP contribution < -0.4 is 5.73 Å². The van der Waals surface area contributed by atoms with E-state index in [0.717, 1.165) is 37.1 Å². The molecule has 1 heterocycles. The molecule has 1 fully saturated rings. The van der Waals surface area contributed by atoms with Gasteiger partial charge in [-0.15, -0.1) is 0 Å². The monoisotopic (exact) mass is 260 g/mol. The third kappa shape index (κ3) is 2.98. The standard InChI is InChI=1S/C16H24N2O/c1-11-6-4-8-15(12(11)2)16(19)18-9-5-7-14(10-18)13(3)17/h4,6,8,13-14H,5,7,9-10,17H2,1-3H3/t13-,14-/m0/s1. The Morgan fingerprint density at radius 3 is 2.84 bits per heavy atom. The first-order valence-electron chi connectivity index (χ1n) is 7.11. The van der Waals surface area contributed by atoms with Gasteiger partial charge in [0.25, 0.3) is 5.91 Å². The van der Waals surface area contributed by atoms with Crippen LogP contribution >= 0.6 is 0 Å². The van der Waals surface area contributed by atoms with Crippen molar-refractivity contribution in [2.24, 2.45) is 11.7 Å². The lowest BCUT2D eigenvalue weighted by Crippen LogP contribution is -2.45. The number of nitrogens with zero attached hydrogens (tertiary/aromatic N) is 1. The molecule has 0 saturated carbocycles. The minimum absolute atomic E-state index is 0.159. The number of hydrogen-bond donors (Lipinski definition) is 1. The Kier molecular flexibility index (Phi) is 4.25. The normalized spacial score (nSPS) is 21.3. The van der Waals surface area contributed by atoms with E-state index in [-0.39, 0.29) is 11.9 Å². The predicted molar refractivity (Wildman–Crippen MR) is 78.2 cm³/mol. The van der Waals surface area contributed by atoms with Gasteiger partial charge in [-0.05, 0) is 56.7 Å². The zero-order chi connectivity index (χ0) is 14.0. The van der Waals surface area contributed by atoms with Crippen molar-refractivity contribution < 1.29 is 4.79 Å². The van der Waals surface area contributed by atoms with Gasteiger partial charge in [0, 0.05) is 24.7 Å². The number of carbonyl (C=O) groups excluding carboxylic acids is 1. The van der Waals surface area contributed by atoms with Crippen LogP contribution in [0.15, 0.2) is 18.2 Å². The van der Waals surface area contributed by atoms with E-state index < -0.39 is 0 Å². The third-order valence-corrected chi connectivity index (χ3v) is 4.32. The Morgan fingerprint density at radius 1 is 1.42 bits per heavy atom. The molecule has 3 nitrogen and oxygen atoms in total. The molecule has 0 aromatic heterocycles. The van der Waals surface area contributed by atoms with Gasteiger partial charge in [-0.25, -0.2) is 0 Å². The number of nitrogens with two attached hydrogens (primary N) is 1. The van der Waals surface area contributed by atoms with Gasteiger partial charge in [-0.1, -0.05) is 12.1 Å². The van der Waals surface area contributed by atoms with Gasteiger partial charge in [-0.2, -0.15) is 0 Å². The van der Waals surface area contributed by atoms with Crippen molar-refractivity contribution in [3.63, 3.8) is 0 Å². The SMILES string of the molecule is Cc1cccc(C(=O)N2CCC[C@H]([C@H](C)N)C2)c1C. The second kappa shape index (κ2) is 5.74. The van der Waals surface area contributed by atoms with E-state index in [1.54, 1.807) is 0 Å². The number of piperidine rings is 1. The van der Waals surface area contributed by atoms with Crippen LogP contribution in [0.4, 0.5) is 0 Å². The highest BCUT2D eigenvalue weighted by Gasteiger charge is 2.27. The Morgan fingerprint density at radius 2 is 2.16 bits per heavy atom. The molecule has 1 aromatic carbocycles. The fourth-order valence-electron chi connectivity index (χ4n) is 2.78. The smallest absolute Gasteiger partial charge is 0.254 e. The number of rotatable bonds is 2. The molecule has 0 aliphatic carbocycles. The predicted octanol–water partition coefficient (Wildman–Crippen LogP) is 2.50. The quantitative estimate of drug-likeness (QED) is 0.888. The first-order chi connectivity index (χ1) is 9.00. The Bertz CT molecular complexity index is 468. The first-order valence-corrected chi connectivity index (χ1v) is 7.11. The van der Waals surface area contributed by atoms with Crippen molar-refractivity contribution in [2.75, 3.05) is 13.1 Å². The minimum Gasteiger partial charge on any atom is -0.338 e. The van der Waals surface area contributed by atoms with Gasteiger partial charge in [-0.3, -0.25) is 4.79 Å². The fraction of sp³-hybridized carbons (Fsp3) is 0.562. The van der Waals surface area contributed by atoms with Gasteiger partial charge in [0.15, 0.2) is 0 Å². The molecular weight excluding hydrogens is 236 g/mol. The number of carbonyl (C=O) groups is 1. The number of benzene rings is 1. The van der Waals surface area contributed by atoms with E-state index in [2.05, 4.69) is 0 Å². The molecule has 1 aliphatic rings. The summed E-state index contributed by atoms with van der Waals surface area (Å²) in [6.07, 6.45) is 2.19. The second-order valence-corrected chi connectivity index (χ2v) is 5.76. The van der Waals surface area contributed by atoms with E-state index in [1.165, 1.54) is 5.56 Å². The van der Waals surface area contributed by atoms with Crippen molar-refractivity contribution in [1.29, 1.82) is 0 Å². The average Bonchev–Trinajstić information content (AvgIpc) is 2.41. The summed E-state index contributed by atoms with van der Waals surface area (Å²) >= 11 is 0. The molecule has 1 amide bonds. The molecular formula is C16H24N2O. The van der Waals surface area contributed by atoms with Crippen LogP contribution in [0.2, 0.25) is 0 Å². The number of aryl methyl sites for hydroxylation is 1. The van der Waals surface area contributed by atoms with Crippen LogP contribution in [0.3, 0.4) is 0 Å². The molecule has 0 unspecified atom stereocenters. The number of amides is 1. The summed E-state index contributed by atoms with van der Waals surface area (Å²) in [6, 6.07) is 6.10. The highest BCUT2D eigenvalue weighted by molar-refractivity contribution is 5.96. The lowest BCUT2D eigenvalue weighted by atomic mass is 9.91. The van der Waals surface area contributed by atoms with E-state index in [9.17, 15) is 4.79 Å². The van der Waals surface area contributed by atoms with E-state index in [0.29, 0.717) is 5.92 Å². The maximum absolute atomic E-state index is 12.6. The van der Waals surface area contributed by atoms with Crippen LogP contribution in [0.5, 0.6) is 0 Å². The zero-order valence-corrected chi connectivity index (χ0v) is 12.1. The molecule has 2 rings (SSSR count). The van der Waals surface area contributed by atoms with Crippen molar-refractivity contribution in [1.82, 2.24) is 4.90 Å². The molecule has 2 N–H and O–H groups in total. The maximum atomic E-state index is 12.6. The molecule has 104 valence electrons. The lowest BCUT2D eigenvalue weighted by molar-refractivity contribution is 0.0660. The summed E-state index contributed by atoms with van der Waals surface area (Å²) in [4.78, 5) is 14.6. The molecule has 0 spiro atoms. The minimum atomic E-state index is 0.159. The van der Waals surface area contributed by atoms with E-state index in [1.807, 2.05) is 43.9 Å². The van der Waals surface area contributed by atoms with Crippen LogP contribution in [0.1, 0.15) is 41.3 Å².